The average Bonchev–Trinajstić information content (AvgIpc) is 2.32. The summed E-state index contributed by atoms with van der Waals surface area (Å²) in [6, 6.07) is 0.0608. The Balaban J connectivity index is 4.61. The molecule has 4 heteroatoms. The minimum Gasteiger partial charge on any atom is -0.468 e. The van der Waals surface area contributed by atoms with Crippen molar-refractivity contribution in [2.45, 2.75) is 52.1 Å². The highest BCUT2D eigenvalue weighted by atomic mass is 16.5. The van der Waals surface area contributed by atoms with Crippen molar-refractivity contribution in [2.75, 3.05) is 20.2 Å². The maximum Gasteiger partial charge on any atom is 0.324 e. The molecule has 0 heterocycles. The first-order valence-electron chi connectivity index (χ1n) is 6.15. The second kappa shape index (κ2) is 8.53. The molecule has 0 aromatic carbocycles. The summed E-state index contributed by atoms with van der Waals surface area (Å²) >= 11 is 0. The molecule has 0 radical (unpaired) electrons. The summed E-state index contributed by atoms with van der Waals surface area (Å²) in [6.45, 7) is 7.61. The van der Waals surface area contributed by atoms with Crippen LogP contribution in [0.4, 0.5) is 0 Å². The smallest absolute Gasteiger partial charge is 0.324 e. The van der Waals surface area contributed by atoms with Gasteiger partial charge in [-0.3, -0.25) is 9.69 Å². The number of ether oxygens (including phenoxy) is 1. The summed E-state index contributed by atoms with van der Waals surface area (Å²) in [7, 11) is 1.42. The van der Waals surface area contributed by atoms with Crippen molar-refractivity contribution in [2.24, 2.45) is 5.73 Å². The molecule has 0 saturated carbocycles. The molecule has 0 rings (SSSR count). The monoisotopic (exact) mass is 230 g/mol. The van der Waals surface area contributed by atoms with Gasteiger partial charge in [-0.15, -0.1) is 0 Å². The lowest BCUT2D eigenvalue weighted by Gasteiger charge is -2.33. The summed E-state index contributed by atoms with van der Waals surface area (Å²) in [6.07, 6.45) is 3.21. The van der Waals surface area contributed by atoms with E-state index in [4.69, 9.17) is 10.5 Å². The van der Waals surface area contributed by atoms with E-state index in [0.717, 1.165) is 25.8 Å². The predicted molar refractivity (Wildman–Crippen MR) is 66.2 cm³/mol. The molecule has 2 N–H and O–H groups in total. The minimum absolute atomic E-state index is 0.223. The van der Waals surface area contributed by atoms with Crippen LogP contribution in [0.15, 0.2) is 0 Å². The second-order valence-corrected chi connectivity index (χ2v) is 4.12. The zero-order valence-electron chi connectivity index (χ0n) is 11.0. The van der Waals surface area contributed by atoms with E-state index >= 15 is 0 Å². The van der Waals surface area contributed by atoms with E-state index in [2.05, 4.69) is 25.7 Å². The number of hydrogen-bond acceptors (Lipinski definition) is 4. The number of nitrogens with zero attached hydrogens (tertiary/aromatic N) is 1. The molecule has 16 heavy (non-hydrogen) atoms. The summed E-state index contributed by atoms with van der Waals surface area (Å²) in [4.78, 5) is 13.8. The van der Waals surface area contributed by atoms with Crippen LogP contribution in [0.5, 0.6) is 0 Å². The van der Waals surface area contributed by atoms with Gasteiger partial charge in [-0.1, -0.05) is 20.3 Å². The van der Waals surface area contributed by atoms with E-state index in [1.165, 1.54) is 7.11 Å². The molecule has 0 aliphatic heterocycles. The average molecular weight is 230 g/mol. The highest BCUT2D eigenvalue weighted by molar-refractivity contribution is 5.76. The standard InChI is InChI=1S/C12H26N2O2/c1-5-7-8-14(10(3)6-2)11(9-13)12(15)16-4/h10-11H,5-9,13H2,1-4H3. The third-order valence-electron chi connectivity index (χ3n) is 3.02. The Labute approximate surface area is 99.1 Å². The maximum atomic E-state index is 11.6. The third kappa shape index (κ3) is 4.49. The van der Waals surface area contributed by atoms with Crippen molar-refractivity contribution in [3.63, 3.8) is 0 Å². The van der Waals surface area contributed by atoms with Gasteiger partial charge in [0.2, 0.25) is 0 Å². The molecule has 0 aliphatic rings. The van der Waals surface area contributed by atoms with E-state index in [0.29, 0.717) is 12.6 Å². The van der Waals surface area contributed by atoms with Crippen LogP contribution in [0.2, 0.25) is 0 Å². The number of nitrogens with two attached hydrogens (primary N) is 1. The van der Waals surface area contributed by atoms with Gasteiger partial charge < -0.3 is 10.5 Å². The zero-order valence-corrected chi connectivity index (χ0v) is 11.0. The molecular weight excluding hydrogens is 204 g/mol. The van der Waals surface area contributed by atoms with E-state index in [1.807, 2.05) is 0 Å². The SMILES string of the molecule is CCCCN(C(C)CC)C(CN)C(=O)OC. The Kier molecular flexibility index (Phi) is 8.21. The van der Waals surface area contributed by atoms with Crippen molar-refractivity contribution < 1.29 is 9.53 Å². The second-order valence-electron chi connectivity index (χ2n) is 4.12. The largest absolute Gasteiger partial charge is 0.468 e. The third-order valence-corrected chi connectivity index (χ3v) is 3.02. The topological polar surface area (TPSA) is 55.6 Å². The van der Waals surface area contributed by atoms with E-state index in [-0.39, 0.29) is 12.0 Å². The summed E-state index contributed by atoms with van der Waals surface area (Å²) < 4.78 is 4.80. The van der Waals surface area contributed by atoms with Crippen molar-refractivity contribution in [1.29, 1.82) is 0 Å². The number of esters is 1. The Morgan fingerprint density at radius 3 is 2.44 bits per heavy atom. The van der Waals surface area contributed by atoms with Gasteiger partial charge in [0.05, 0.1) is 7.11 Å². The number of rotatable bonds is 8. The summed E-state index contributed by atoms with van der Waals surface area (Å²) in [5, 5.41) is 0. The lowest BCUT2D eigenvalue weighted by Crippen LogP contribution is -2.50. The number of hydrogen-bond donors (Lipinski definition) is 1. The van der Waals surface area contributed by atoms with Crippen molar-refractivity contribution >= 4 is 5.97 Å². The van der Waals surface area contributed by atoms with Crippen molar-refractivity contribution in [3.8, 4) is 0 Å². The summed E-state index contributed by atoms with van der Waals surface area (Å²) in [5.74, 6) is -0.223. The molecule has 96 valence electrons. The Hall–Kier alpha value is -0.610. The molecule has 0 aromatic rings. The number of carbonyl (C=O) groups excluding carboxylic acids is 1. The fourth-order valence-corrected chi connectivity index (χ4v) is 1.76. The van der Waals surface area contributed by atoms with Crippen LogP contribution < -0.4 is 5.73 Å². The lowest BCUT2D eigenvalue weighted by molar-refractivity contribution is -0.147. The molecule has 0 spiro atoms. The predicted octanol–water partition coefficient (Wildman–Crippen LogP) is 1.39. The van der Waals surface area contributed by atoms with Gasteiger partial charge in [0.25, 0.3) is 0 Å². The molecule has 0 aromatic heterocycles. The van der Waals surface area contributed by atoms with Crippen LogP contribution in [0.1, 0.15) is 40.0 Å². The quantitative estimate of drug-likeness (QED) is 0.640. The molecule has 2 atom stereocenters. The molecule has 0 fully saturated rings. The lowest BCUT2D eigenvalue weighted by atomic mass is 10.1. The first-order valence-corrected chi connectivity index (χ1v) is 6.15. The molecule has 4 nitrogen and oxygen atoms in total. The number of carbonyl (C=O) groups is 1. The van der Waals surface area contributed by atoms with Crippen LogP contribution in [-0.4, -0.2) is 43.2 Å². The fourth-order valence-electron chi connectivity index (χ4n) is 1.76. The maximum absolute atomic E-state index is 11.6. The number of unbranched alkanes of at least 4 members (excludes halogenated alkanes) is 1. The van der Waals surface area contributed by atoms with E-state index in [9.17, 15) is 4.79 Å². The molecule has 2 unspecified atom stereocenters. The Morgan fingerprint density at radius 1 is 1.44 bits per heavy atom. The highest BCUT2D eigenvalue weighted by Crippen LogP contribution is 2.11. The molecule has 0 saturated heterocycles. The summed E-state index contributed by atoms with van der Waals surface area (Å²) in [5.41, 5.74) is 5.67. The van der Waals surface area contributed by atoms with Gasteiger partial charge in [-0.05, 0) is 26.3 Å². The highest BCUT2D eigenvalue weighted by Gasteiger charge is 2.27. The number of methoxy groups -OCH3 is 1. The van der Waals surface area contributed by atoms with Crippen LogP contribution in [0.3, 0.4) is 0 Å². The van der Waals surface area contributed by atoms with E-state index < -0.39 is 0 Å². The molecule has 0 amide bonds. The van der Waals surface area contributed by atoms with Gasteiger partial charge in [0.1, 0.15) is 6.04 Å². The Bertz CT molecular complexity index is 197. The fraction of sp³-hybridized carbons (Fsp3) is 0.917. The van der Waals surface area contributed by atoms with Crippen LogP contribution in [-0.2, 0) is 9.53 Å². The Morgan fingerprint density at radius 2 is 2.06 bits per heavy atom. The zero-order chi connectivity index (χ0) is 12.6. The van der Waals surface area contributed by atoms with Gasteiger partial charge in [0, 0.05) is 12.6 Å². The first-order chi connectivity index (χ1) is 7.62. The normalized spacial score (nSPS) is 14.9. The van der Waals surface area contributed by atoms with Crippen LogP contribution in [0.25, 0.3) is 0 Å². The molecular formula is C12H26N2O2. The van der Waals surface area contributed by atoms with Gasteiger partial charge >= 0.3 is 5.97 Å². The molecule has 0 aliphatic carbocycles. The van der Waals surface area contributed by atoms with Gasteiger partial charge in [0.15, 0.2) is 0 Å². The van der Waals surface area contributed by atoms with E-state index in [1.54, 1.807) is 0 Å². The van der Waals surface area contributed by atoms with Crippen LogP contribution in [0, 0.1) is 0 Å². The first kappa shape index (κ1) is 15.4. The van der Waals surface area contributed by atoms with Crippen molar-refractivity contribution in [3.05, 3.63) is 0 Å². The molecule has 0 bridgehead atoms. The van der Waals surface area contributed by atoms with Gasteiger partial charge in [-0.25, -0.2) is 0 Å². The van der Waals surface area contributed by atoms with Crippen molar-refractivity contribution in [1.82, 2.24) is 4.90 Å². The van der Waals surface area contributed by atoms with Gasteiger partial charge in [-0.2, -0.15) is 0 Å². The minimum atomic E-state index is -0.300. The van der Waals surface area contributed by atoms with Crippen LogP contribution >= 0.6 is 0 Å².